The fourth-order valence-corrected chi connectivity index (χ4v) is 3.06. The summed E-state index contributed by atoms with van der Waals surface area (Å²) in [6.45, 7) is 4.56. The van der Waals surface area contributed by atoms with Crippen LogP contribution in [0.4, 0.5) is 0 Å². The molecule has 5 nitrogen and oxygen atoms in total. The summed E-state index contributed by atoms with van der Waals surface area (Å²) in [5, 5.41) is 3.69. The fraction of sp³-hybridized carbons (Fsp3) is 0.200. The van der Waals surface area contributed by atoms with Gasteiger partial charge in [-0.1, -0.05) is 35.5 Å². The van der Waals surface area contributed by atoms with Gasteiger partial charge < -0.3 is 14.3 Å². The molecule has 0 fully saturated rings. The molecule has 0 saturated carbocycles. The van der Waals surface area contributed by atoms with Crippen molar-refractivity contribution in [2.75, 3.05) is 6.61 Å². The van der Waals surface area contributed by atoms with Crippen molar-refractivity contribution in [3.8, 4) is 11.5 Å². The fourth-order valence-electron chi connectivity index (χ4n) is 2.49. The second-order valence-electron chi connectivity index (χ2n) is 5.65. The van der Waals surface area contributed by atoms with E-state index in [2.05, 4.69) is 25.9 Å². The van der Waals surface area contributed by atoms with E-state index in [1.54, 1.807) is 13.0 Å². The van der Waals surface area contributed by atoms with E-state index in [0.717, 1.165) is 15.6 Å². The molecular formula is C20H18BrNO4. The molecule has 1 heterocycles. The van der Waals surface area contributed by atoms with E-state index in [9.17, 15) is 4.79 Å². The topological polar surface area (TPSA) is 57.1 Å². The van der Waals surface area contributed by atoms with Crippen molar-refractivity contribution >= 4 is 33.7 Å². The number of hydrogen-bond donors (Lipinski definition) is 0. The summed E-state index contributed by atoms with van der Waals surface area (Å²) < 4.78 is 12.4. The number of hydrogen-bond acceptors (Lipinski definition) is 5. The standard InChI is InChI=1S/C20H18BrNO4/c1-3-24-18-11-15(9-16-13(2)22-26-20(16)23)10-17(21)19(18)25-12-14-7-5-4-6-8-14/h4-11H,3,12H2,1-2H3/b16-9-. The van der Waals surface area contributed by atoms with Crippen molar-refractivity contribution in [3.05, 3.63) is 63.6 Å². The van der Waals surface area contributed by atoms with Crippen molar-refractivity contribution in [3.63, 3.8) is 0 Å². The molecule has 0 atom stereocenters. The Bertz CT molecular complexity index is 875. The number of nitrogens with zero attached hydrogens (tertiary/aromatic N) is 1. The van der Waals surface area contributed by atoms with Gasteiger partial charge in [-0.2, -0.15) is 0 Å². The second kappa shape index (κ2) is 8.19. The van der Waals surface area contributed by atoms with Crippen LogP contribution in [0, 0.1) is 0 Å². The van der Waals surface area contributed by atoms with Crippen LogP contribution in [0.5, 0.6) is 11.5 Å². The van der Waals surface area contributed by atoms with Crippen molar-refractivity contribution in [1.82, 2.24) is 0 Å². The maximum Gasteiger partial charge on any atom is 0.367 e. The maximum absolute atomic E-state index is 11.7. The molecular weight excluding hydrogens is 398 g/mol. The van der Waals surface area contributed by atoms with Crippen molar-refractivity contribution < 1.29 is 19.1 Å². The first-order valence-corrected chi connectivity index (χ1v) is 8.99. The monoisotopic (exact) mass is 415 g/mol. The molecule has 1 aliphatic heterocycles. The van der Waals surface area contributed by atoms with Crippen LogP contribution in [0.2, 0.25) is 0 Å². The molecule has 6 heteroatoms. The summed E-state index contributed by atoms with van der Waals surface area (Å²) in [7, 11) is 0. The maximum atomic E-state index is 11.7. The quantitative estimate of drug-likeness (QED) is 0.504. The van der Waals surface area contributed by atoms with Gasteiger partial charge in [-0.3, -0.25) is 0 Å². The molecule has 2 aromatic carbocycles. The predicted molar refractivity (Wildman–Crippen MR) is 103 cm³/mol. The Morgan fingerprint density at radius 2 is 1.96 bits per heavy atom. The summed E-state index contributed by atoms with van der Waals surface area (Å²) in [5.41, 5.74) is 2.83. The molecule has 0 saturated heterocycles. The Morgan fingerprint density at radius 1 is 1.19 bits per heavy atom. The molecule has 0 amide bonds. The average molecular weight is 416 g/mol. The number of carbonyl (C=O) groups excluding carboxylic acids is 1. The minimum atomic E-state index is -0.457. The molecule has 0 spiro atoms. The van der Waals surface area contributed by atoms with Crippen LogP contribution in [0.1, 0.15) is 25.0 Å². The molecule has 134 valence electrons. The third-order valence-corrected chi connectivity index (χ3v) is 4.33. The van der Waals surface area contributed by atoms with Crippen molar-refractivity contribution in [2.45, 2.75) is 20.5 Å². The highest BCUT2D eigenvalue weighted by Gasteiger charge is 2.22. The zero-order valence-corrected chi connectivity index (χ0v) is 16.1. The van der Waals surface area contributed by atoms with Gasteiger partial charge in [0.1, 0.15) is 6.61 Å². The highest BCUT2D eigenvalue weighted by Crippen LogP contribution is 2.38. The van der Waals surface area contributed by atoms with E-state index in [1.807, 2.05) is 49.4 Å². The lowest BCUT2D eigenvalue weighted by molar-refractivity contribution is -0.136. The summed E-state index contributed by atoms with van der Waals surface area (Å²) in [5.74, 6) is 0.767. The molecule has 0 unspecified atom stereocenters. The first kappa shape index (κ1) is 18.2. The van der Waals surface area contributed by atoms with Crippen LogP contribution in [-0.2, 0) is 16.2 Å². The van der Waals surface area contributed by atoms with Crippen molar-refractivity contribution in [2.24, 2.45) is 5.16 Å². The Morgan fingerprint density at radius 3 is 2.62 bits per heavy atom. The molecule has 2 aromatic rings. The number of halogens is 1. The number of benzene rings is 2. The summed E-state index contributed by atoms with van der Waals surface area (Å²) in [6, 6.07) is 13.6. The minimum absolute atomic E-state index is 0.428. The van der Waals surface area contributed by atoms with Crippen LogP contribution in [-0.4, -0.2) is 18.3 Å². The molecule has 26 heavy (non-hydrogen) atoms. The van der Waals surface area contributed by atoms with Crippen molar-refractivity contribution in [1.29, 1.82) is 0 Å². The first-order chi connectivity index (χ1) is 12.6. The predicted octanol–water partition coefficient (Wildman–Crippen LogP) is 4.74. The van der Waals surface area contributed by atoms with Crippen LogP contribution in [0.25, 0.3) is 6.08 Å². The Hall–Kier alpha value is -2.60. The molecule has 3 rings (SSSR count). The normalized spacial score (nSPS) is 15.0. The second-order valence-corrected chi connectivity index (χ2v) is 6.51. The highest BCUT2D eigenvalue weighted by molar-refractivity contribution is 9.10. The molecule has 1 aliphatic rings. The Balaban J connectivity index is 1.90. The summed E-state index contributed by atoms with van der Waals surface area (Å²) in [6.07, 6.45) is 1.72. The molecule has 0 N–H and O–H groups in total. The van der Waals surface area contributed by atoms with Gasteiger partial charge in [-0.05, 0) is 59.1 Å². The third kappa shape index (κ3) is 4.14. The third-order valence-electron chi connectivity index (χ3n) is 3.74. The van der Waals surface area contributed by atoms with Gasteiger partial charge in [0.05, 0.1) is 22.4 Å². The van der Waals surface area contributed by atoms with Crippen LogP contribution < -0.4 is 9.47 Å². The van der Waals surface area contributed by atoms with E-state index in [1.165, 1.54) is 0 Å². The zero-order valence-electron chi connectivity index (χ0n) is 14.5. The number of carbonyl (C=O) groups is 1. The Kier molecular flexibility index (Phi) is 5.73. The van der Waals surface area contributed by atoms with Gasteiger partial charge in [0.25, 0.3) is 0 Å². The van der Waals surface area contributed by atoms with Gasteiger partial charge in [0.2, 0.25) is 0 Å². The number of rotatable bonds is 6. The average Bonchev–Trinajstić information content (AvgIpc) is 2.94. The van der Waals surface area contributed by atoms with E-state index in [-0.39, 0.29) is 0 Å². The van der Waals surface area contributed by atoms with E-state index in [4.69, 9.17) is 9.47 Å². The molecule has 0 radical (unpaired) electrons. The van der Waals surface area contributed by atoms with Gasteiger partial charge in [0, 0.05) is 0 Å². The van der Waals surface area contributed by atoms with Crippen LogP contribution >= 0.6 is 15.9 Å². The van der Waals surface area contributed by atoms with Crippen LogP contribution in [0.3, 0.4) is 0 Å². The van der Waals surface area contributed by atoms with E-state index < -0.39 is 5.97 Å². The molecule has 0 aliphatic carbocycles. The van der Waals surface area contributed by atoms with Gasteiger partial charge in [-0.25, -0.2) is 4.79 Å². The highest BCUT2D eigenvalue weighted by atomic mass is 79.9. The lowest BCUT2D eigenvalue weighted by atomic mass is 10.1. The number of oxime groups is 1. The summed E-state index contributed by atoms with van der Waals surface area (Å²) in [4.78, 5) is 16.4. The van der Waals surface area contributed by atoms with Gasteiger partial charge in [0.15, 0.2) is 11.5 Å². The molecule has 0 aromatic heterocycles. The minimum Gasteiger partial charge on any atom is -0.490 e. The molecule has 0 bridgehead atoms. The van der Waals surface area contributed by atoms with E-state index in [0.29, 0.717) is 36.0 Å². The van der Waals surface area contributed by atoms with Gasteiger partial charge in [-0.15, -0.1) is 0 Å². The summed E-state index contributed by atoms with van der Waals surface area (Å²) >= 11 is 3.54. The lowest BCUT2D eigenvalue weighted by Gasteiger charge is -2.15. The SMILES string of the molecule is CCOc1cc(/C=C2\C(=O)ON=C2C)cc(Br)c1OCc1ccccc1. The Labute approximate surface area is 160 Å². The van der Waals surface area contributed by atoms with Crippen LogP contribution in [0.15, 0.2) is 57.7 Å². The zero-order chi connectivity index (χ0) is 18.5. The lowest BCUT2D eigenvalue weighted by Crippen LogP contribution is -2.03. The number of ether oxygens (including phenoxy) is 2. The largest absolute Gasteiger partial charge is 0.490 e. The van der Waals surface area contributed by atoms with Gasteiger partial charge >= 0.3 is 5.97 Å². The first-order valence-electron chi connectivity index (χ1n) is 8.19. The smallest absolute Gasteiger partial charge is 0.367 e. The van der Waals surface area contributed by atoms with E-state index >= 15 is 0 Å².